The van der Waals surface area contributed by atoms with E-state index < -0.39 is 23.2 Å². The summed E-state index contributed by atoms with van der Waals surface area (Å²) in [7, 11) is 0. The zero-order valence-electron chi connectivity index (χ0n) is 7.66. The predicted molar refractivity (Wildman–Crippen MR) is 42.4 cm³/mol. The average Bonchev–Trinajstić information content (AvgIpc) is 2.08. The van der Waals surface area contributed by atoms with Crippen LogP contribution >= 0.6 is 0 Å². The Morgan fingerprint density at radius 2 is 1.79 bits per heavy atom. The van der Waals surface area contributed by atoms with Gasteiger partial charge in [-0.2, -0.15) is 0 Å². The summed E-state index contributed by atoms with van der Waals surface area (Å²) in [5.74, 6) is -3.18. The first-order chi connectivity index (χ1) is 6.45. The van der Waals surface area contributed by atoms with Gasteiger partial charge in [-0.3, -0.25) is 4.98 Å². The van der Waals surface area contributed by atoms with Gasteiger partial charge in [0, 0.05) is 11.8 Å². The Morgan fingerprint density at radius 3 is 2.21 bits per heavy atom. The van der Waals surface area contributed by atoms with E-state index in [-0.39, 0.29) is 0 Å². The van der Waals surface area contributed by atoms with Gasteiger partial charge < -0.3 is 19.8 Å². The summed E-state index contributed by atoms with van der Waals surface area (Å²) < 4.78 is 0. The van der Waals surface area contributed by atoms with Crippen molar-refractivity contribution in [2.45, 2.75) is 13.8 Å². The molecule has 5 heteroatoms. The normalized spacial score (nSPS) is 9.86. The average molecular weight is 193 g/mol. The number of rotatable bonds is 2. The van der Waals surface area contributed by atoms with Crippen molar-refractivity contribution < 1.29 is 19.8 Å². The van der Waals surface area contributed by atoms with E-state index >= 15 is 0 Å². The molecular formula is C9H7NO4-2. The summed E-state index contributed by atoms with van der Waals surface area (Å²) in [6.45, 7) is 3.13. The second-order valence-corrected chi connectivity index (χ2v) is 2.86. The highest BCUT2D eigenvalue weighted by atomic mass is 16.4. The second kappa shape index (κ2) is 3.45. The summed E-state index contributed by atoms with van der Waals surface area (Å²) in [5.41, 5.74) is -0.0773. The molecule has 0 saturated carbocycles. The summed E-state index contributed by atoms with van der Waals surface area (Å²) in [4.78, 5) is 24.7. The van der Waals surface area contributed by atoms with Crippen LogP contribution in [0.1, 0.15) is 32.0 Å². The van der Waals surface area contributed by atoms with E-state index in [1.54, 1.807) is 6.92 Å². The van der Waals surface area contributed by atoms with Crippen molar-refractivity contribution in [3.05, 3.63) is 28.6 Å². The minimum atomic E-state index is -1.62. The molecular weight excluding hydrogens is 186 g/mol. The molecule has 0 fully saturated rings. The highest BCUT2D eigenvalue weighted by molar-refractivity contribution is 5.99. The van der Waals surface area contributed by atoms with Gasteiger partial charge in [-0.15, -0.1) is 0 Å². The fourth-order valence-corrected chi connectivity index (χ4v) is 1.10. The van der Waals surface area contributed by atoms with Crippen LogP contribution in [0.5, 0.6) is 0 Å². The van der Waals surface area contributed by atoms with Gasteiger partial charge >= 0.3 is 0 Å². The number of carbonyl (C=O) groups is 2. The minimum Gasteiger partial charge on any atom is -0.545 e. The topological polar surface area (TPSA) is 93.2 Å². The summed E-state index contributed by atoms with van der Waals surface area (Å²) >= 11 is 0. The number of hydrogen-bond acceptors (Lipinski definition) is 5. The number of carboxylic acid groups (broad SMARTS) is 2. The van der Waals surface area contributed by atoms with Crippen molar-refractivity contribution in [2.75, 3.05) is 0 Å². The highest BCUT2D eigenvalue weighted by Crippen LogP contribution is 2.14. The predicted octanol–water partition coefficient (Wildman–Crippen LogP) is -1.57. The van der Waals surface area contributed by atoms with Crippen LogP contribution in [0.25, 0.3) is 0 Å². The van der Waals surface area contributed by atoms with Crippen molar-refractivity contribution in [3.8, 4) is 0 Å². The third-order valence-electron chi connectivity index (χ3n) is 1.99. The molecule has 5 nitrogen and oxygen atoms in total. The number of carboxylic acids is 2. The smallest absolute Gasteiger partial charge is 0.0950 e. The van der Waals surface area contributed by atoms with Gasteiger partial charge in [0.05, 0.1) is 17.6 Å². The lowest BCUT2D eigenvalue weighted by molar-refractivity contribution is -0.260. The molecule has 0 aliphatic heterocycles. The van der Waals surface area contributed by atoms with Crippen LogP contribution in [-0.2, 0) is 0 Å². The second-order valence-electron chi connectivity index (χ2n) is 2.86. The number of aryl methyl sites for hydroxylation is 1. The molecule has 1 aromatic heterocycles. The maximum Gasteiger partial charge on any atom is 0.0950 e. The van der Waals surface area contributed by atoms with Crippen molar-refractivity contribution in [1.82, 2.24) is 4.98 Å². The Balaban J connectivity index is 3.53. The number of carbonyl (C=O) groups excluding carboxylic acids is 2. The number of hydrogen-bond donors (Lipinski definition) is 0. The van der Waals surface area contributed by atoms with E-state index in [9.17, 15) is 19.8 Å². The summed E-state index contributed by atoms with van der Waals surface area (Å²) in [6.07, 6.45) is 1.28. The summed E-state index contributed by atoms with van der Waals surface area (Å²) in [6, 6.07) is 0. The molecule has 0 saturated heterocycles. The standard InChI is InChI=1S/C9H9NO4/c1-4-3-10-7(9(13)14)6(5(4)2)8(11)12/h3H,1-2H3,(H,11,12)(H,13,14)/p-2. The van der Waals surface area contributed by atoms with Crippen molar-refractivity contribution in [2.24, 2.45) is 0 Å². The molecule has 1 rings (SSSR count). The molecule has 0 N–H and O–H groups in total. The maximum atomic E-state index is 10.7. The first-order valence-electron chi connectivity index (χ1n) is 3.84. The lowest BCUT2D eigenvalue weighted by Crippen LogP contribution is -2.32. The van der Waals surface area contributed by atoms with Crippen LogP contribution in [0.15, 0.2) is 6.20 Å². The Hall–Kier alpha value is -1.91. The SMILES string of the molecule is Cc1cnc(C(=O)[O-])c(C(=O)[O-])c1C. The van der Waals surface area contributed by atoms with Crippen LogP contribution in [0.2, 0.25) is 0 Å². The van der Waals surface area contributed by atoms with Gasteiger partial charge in [0.1, 0.15) is 0 Å². The molecule has 0 bridgehead atoms. The zero-order chi connectivity index (χ0) is 10.9. The lowest BCUT2D eigenvalue weighted by Gasteiger charge is -2.14. The van der Waals surface area contributed by atoms with Crippen LogP contribution in [0.4, 0.5) is 0 Å². The van der Waals surface area contributed by atoms with E-state index in [4.69, 9.17) is 0 Å². The largest absolute Gasteiger partial charge is 0.545 e. The number of pyridine rings is 1. The van der Waals surface area contributed by atoms with Gasteiger partial charge in [-0.05, 0) is 25.0 Å². The van der Waals surface area contributed by atoms with E-state index in [1.807, 2.05) is 0 Å². The maximum absolute atomic E-state index is 10.7. The third-order valence-corrected chi connectivity index (χ3v) is 1.99. The van der Waals surface area contributed by atoms with E-state index in [1.165, 1.54) is 13.1 Å². The molecule has 0 amide bonds. The highest BCUT2D eigenvalue weighted by Gasteiger charge is 2.10. The zero-order valence-corrected chi connectivity index (χ0v) is 7.66. The number of aromatic nitrogens is 1. The van der Waals surface area contributed by atoms with Crippen LogP contribution in [-0.4, -0.2) is 16.9 Å². The Bertz CT molecular complexity index is 412. The van der Waals surface area contributed by atoms with Crippen LogP contribution < -0.4 is 10.2 Å². The fraction of sp³-hybridized carbons (Fsp3) is 0.222. The molecule has 0 unspecified atom stereocenters. The van der Waals surface area contributed by atoms with Gasteiger partial charge in [-0.1, -0.05) is 0 Å². The Labute approximate surface area is 80.0 Å². The van der Waals surface area contributed by atoms with Crippen LogP contribution in [0.3, 0.4) is 0 Å². The Morgan fingerprint density at radius 1 is 1.21 bits per heavy atom. The minimum absolute atomic E-state index is 0.333. The van der Waals surface area contributed by atoms with Crippen molar-refractivity contribution in [1.29, 1.82) is 0 Å². The Kier molecular flexibility index (Phi) is 2.51. The third kappa shape index (κ3) is 1.56. The molecule has 74 valence electrons. The van der Waals surface area contributed by atoms with E-state index in [0.717, 1.165) is 0 Å². The molecule has 14 heavy (non-hydrogen) atoms. The van der Waals surface area contributed by atoms with Crippen LogP contribution in [0, 0.1) is 13.8 Å². The van der Waals surface area contributed by atoms with Gasteiger partial charge in [0.15, 0.2) is 0 Å². The monoisotopic (exact) mass is 193 g/mol. The molecule has 0 radical (unpaired) electrons. The fourth-order valence-electron chi connectivity index (χ4n) is 1.10. The number of nitrogens with zero attached hydrogens (tertiary/aromatic N) is 1. The first kappa shape index (κ1) is 10.2. The van der Waals surface area contributed by atoms with Gasteiger partial charge in [0.2, 0.25) is 0 Å². The molecule has 0 aromatic carbocycles. The van der Waals surface area contributed by atoms with Gasteiger partial charge in [0.25, 0.3) is 0 Å². The molecule has 0 aliphatic carbocycles. The molecule has 1 aromatic rings. The molecule has 0 atom stereocenters. The quantitative estimate of drug-likeness (QED) is 0.565. The first-order valence-corrected chi connectivity index (χ1v) is 3.84. The molecule has 0 spiro atoms. The number of aromatic carboxylic acids is 2. The summed E-state index contributed by atoms with van der Waals surface area (Å²) in [5, 5.41) is 21.2. The van der Waals surface area contributed by atoms with Gasteiger partial charge in [-0.25, -0.2) is 0 Å². The lowest BCUT2D eigenvalue weighted by atomic mass is 10.0. The van der Waals surface area contributed by atoms with E-state index in [2.05, 4.69) is 4.98 Å². The molecule has 0 aliphatic rings. The van der Waals surface area contributed by atoms with E-state index in [0.29, 0.717) is 11.1 Å². The van der Waals surface area contributed by atoms with Crippen molar-refractivity contribution >= 4 is 11.9 Å². The molecule has 1 heterocycles. The van der Waals surface area contributed by atoms with Crippen molar-refractivity contribution in [3.63, 3.8) is 0 Å².